The largest absolute Gasteiger partial charge is 0.573 e. The van der Waals surface area contributed by atoms with Crippen molar-refractivity contribution < 1.29 is 37.7 Å². The van der Waals surface area contributed by atoms with E-state index < -0.39 is 29.9 Å². The smallest absolute Gasteiger partial charge is 0.506 e. The lowest BCUT2D eigenvalue weighted by Crippen LogP contribution is -2.21. The summed E-state index contributed by atoms with van der Waals surface area (Å²) in [6.45, 7) is 5.20. The molecule has 1 aromatic heterocycles. The molecule has 0 saturated heterocycles. The van der Waals surface area contributed by atoms with Gasteiger partial charge >= 0.3 is 12.3 Å². The van der Waals surface area contributed by atoms with Crippen LogP contribution in [0.4, 0.5) is 13.2 Å². The molecular formula is C23H21ClF3NO5. The Hall–Kier alpha value is -3.20. The summed E-state index contributed by atoms with van der Waals surface area (Å²) in [7, 11) is 0. The monoisotopic (exact) mass is 483 g/mol. The molecule has 1 heterocycles. The molecule has 0 bridgehead atoms. The second-order valence-corrected chi connectivity index (χ2v) is 8.14. The summed E-state index contributed by atoms with van der Waals surface area (Å²) in [5.41, 5.74) is 1.03. The first-order chi connectivity index (χ1) is 15.4. The van der Waals surface area contributed by atoms with Gasteiger partial charge in [-0.3, -0.25) is 14.2 Å². The molecule has 0 aliphatic rings. The summed E-state index contributed by atoms with van der Waals surface area (Å²) < 4.78 is 42.4. The van der Waals surface area contributed by atoms with Gasteiger partial charge in [-0.25, -0.2) is 0 Å². The quantitative estimate of drug-likeness (QED) is 0.441. The highest BCUT2D eigenvalue weighted by Crippen LogP contribution is 2.41. The minimum absolute atomic E-state index is 0.0371. The number of hydrogen-bond acceptors (Lipinski definition) is 4. The van der Waals surface area contributed by atoms with Gasteiger partial charge in [-0.15, -0.1) is 13.2 Å². The molecule has 0 amide bonds. The van der Waals surface area contributed by atoms with E-state index in [1.165, 1.54) is 28.8 Å². The molecule has 6 nitrogen and oxygen atoms in total. The minimum atomic E-state index is -4.87. The number of aliphatic carboxylic acids is 1. The van der Waals surface area contributed by atoms with Gasteiger partial charge in [0.05, 0.1) is 16.5 Å². The van der Waals surface area contributed by atoms with Crippen LogP contribution >= 0.6 is 11.6 Å². The van der Waals surface area contributed by atoms with Crippen molar-refractivity contribution in [2.45, 2.75) is 39.5 Å². The van der Waals surface area contributed by atoms with E-state index in [2.05, 4.69) is 4.74 Å². The summed E-state index contributed by atoms with van der Waals surface area (Å²) in [6, 6.07) is 7.07. The maximum atomic E-state index is 13.4. The number of rotatable bonds is 6. The molecule has 2 aromatic carbocycles. The first kappa shape index (κ1) is 24.4. The fourth-order valence-electron chi connectivity index (χ4n) is 3.92. The van der Waals surface area contributed by atoms with Crippen LogP contribution in [0.2, 0.25) is 5.02 Å². The number of aromatic hydroxyl groups is 1. The average Bonchev–Trinajstić information content (AvgIpc) is 2.98. The fraction of sp³-hybridized carbons (Fsp3) is 0.304. The molecule has 2 atom stereocenters. The number of carboxylic acids is 1. The Labute approximate surface area is 192 Å². The van der Waals surface area contributed by atoms with Crippen LogP contribution in [0.3, 0.4) is 0 Å². The summed E-state index contributed by atoms with van der Waals surface area (Å²) in [4.78, 5) is 25.5. The van der Waals surface area contributed by atoms with Crippen molar-refractivity contribution in [1.82, 2.24) is 4.57 Å². The third-order valence-corrected chi connectivity index (χ3v) is 5.95. The number of nitrogens with zero attached hydrogens (tertiary/aromatic N) is 1. The van der Waals surface area contributed by atoms with Crippen molar-refractivity contribution in [2.24, 2.45) is 5.92 Å². The Balaban J connectivity index is 2.21. The zero-order valence-corrected chi connectivity index (χ0v) is 18.7. The Kier molecular flexibility index (Phi) is 6.65. The van der Waals surface area contributed by atoms with Gasteiger partial charge in [-0.05, 0) is 54.8 Å². The molecule has 33 heavy (non-hydrogen) atoms. The summed E-state index contributed by atoms with van der Waals surface area (Å²) in [6.07, 6.45) is -4.31. The van der Waals surface area contributed by atoms with E-state index in [1.54, 1.807) is 13.8 Å². The highest BCUT2D eigenvalue weighted by atomic mass is 35.5. The number of benzene rings is 2. The lowest BCUT2D eigenvalue weighted by Gasteiger charge is -2.20. The van der Waals surface area contributed by atoms with Crippen molar-refractivity contribution in [1.29, 1.82) is 0 Å². The van der Waals surface area contributed by atoms with E-state index in [-0.39, 0.29) is 27.8 Å². The molecule has 0 aliphatic carbocycles. The van der Waals surface area contributed by atoms with Crippen LogP contribution < -0.4 is 4.74 Å². The number of alkyl halides is 3. The summed E-state index contributed by atoms with van der Waals surface area (Å²) in [5.74, 6) is -3.68. The Morgan fingerprint density at radius 2 is 1.79 bits per heavy atom. The van der Waals surface area contributed by atoms with E-state index in [9.17, 15) is 33.0 Å². The number of hydrogen-bond donors (Lipinski definition) is 2. The van der Waals surface area contributed by atoms with Gasteiger partial charge in [0.15, 0.2) is 0 Å². The maximum Gasteiger partial charge on any atom is 0.573 e. The number of halogens is 4. The van der Waals surface area contributed by atoms with Crippen molar-refractivity contribution in [3.05, 3.63) is 58.2 Å². The lowest BCUT2D eigenvalue weighted by molar-refractivity contribution is -0.274. The van der Waals surface area contributed by atoms with Crippen LogP contribution in [0.1, 0.15) is 47.8 Å². The molecule has 2 N–H and O–H groups in total. The number of carbonyl (C=O) groups excluding carboxylic acids is 1. The number of ether oxygens (including phenoxy) is 1. The second kappa shape index (κ2) is 8.97. The summed E-state index contributed by atoms with van der Waals surface area (Å²) in [5, 5.41) is 20.4. The van der Waals surface area contributed by atoms with Gasteiger partial charge in [0, 0.05) is 16.6 Å². The van der Waals surface area contributed by atoms with Crippen LogP contribution in [0, 0.1) is 12.8 Å². The van der Waals surface area contributed by atoms with Gasteiger partial charge in [-0.1, -0.05) is 31.9 Å². The number of aromatic nitrogens is 1. The van der Waals surface area contributed by atoms with Gasteiger partial charge in [-0.2, -0.15) is 0 Å². The molecule has 1 unspecified atom stereocenters. The van der Waals surface area contributed by atoms with Crippen LogP contribution in [0.25, 0.3) is 10.9 Å². The van der Waals surface area contributed by atoms with Crippen molar-refractivity contribution >= 4 is 34.4 Å². The molecule has 0 radical (unpaired) electrons. The lowest BCUT2D eigenvalue weighted by atomic mass is 9.84. The molecule has 3 aromatic rings. The van der Waals surface area contributed by atoms with Crippen molar-refractivity contribution in [3.8, 4) is 11.5 Å². The van der Waals surface area contributed by atoms with E-state index in [1.807, 2.05) is 6.92 Å². The Morgan fingerprint density at radius 3 is 2.30 bits per heavy atom. The highest BCUT2D eigenvalue weighted by Gasteiger charge is 2.33. The highest BCUT2D eigenvalue weighted by molar-refractivity contribution is 6.33. The fourth-order valence-corrected chi connectivity index (χ4v) is 4.08. The standard InChI is InChI=1S/C23H21ClF3NO5/c1-4-11(2)19(22(31)32)20-12(3)28(17-10-16(24)18(29)9-15(17)20)21(30)13-5-7-14(8-6-13)33-23(25,26)27/h5-11,19,29H,4H2,1-3H3,(H,31,32)/t11?,19-/m0/s1. The van der Waals surface area contributed by atoms with Gasteiger partial charge in [0.1, 0.15) is 11.5 Å². The van der Waals surface area contributed by atoms with E-state index in [0.717, 1.165) is 12.1 Å². The third-order valence-electron chi connectivity index (χ3n) is 5.65. The molecule has 0 fully saturated rings. The van der Waals surface area contributed by atoms with Gasteiger partial charge < -0.3 is 14.9 Å². The van der Waals surface area contributed by atoms with Gasteiger partial charge in [0.2, 0.25) is 0 Å². The first-order valence-electron chi connectivity index (χ1n) is 10.0. The number of carbonyl (C=O) groups is 2. The number of phenols is 1. The SMILES string of the molecule is CCC(C)[C@H](C(=O)O)c1c(C)n(C(=O)c2ccc(OC(F)(F)F)cc2)c2cc(Cl)c(O)cc12. The van der Waals surface area contributed by atoms with Crippen LogP contribution in [0.5, 0.6) is 11.5 Å². The number of carboxylic acid groups (broad SMARTS) is 1. The van der Waals surface area contributed by atoms with E-state index in [0.29, 0.717) is 23.1 Å². The predicted octanol–water partition coefficient (Wildman–Crippen LogP) is 6.11. The van der Waals surface area contributed by atoms with Crippen molar-refractivity contribution in [2.75, 3.05) is 0 Å². The second-order valence-electron chi connectivity index (χ2n) is 7.73. The summed E-state index contributed by atoms with van der Waals surface area (Å²) >= 11 is 6.07. The Bertz CT molecular complexity index is 1220. The van der Waals surface area contributed by atoms with Crippen molar-refractivity contribution in [3.63, 3.8) is 0 Å². The number of phenolic OH excluding ortho intramolecular Hbond substituents is 1. The molecule has 10 heteroatoms. The van der Waals surface area contributed by atoms with E-state index in [4.69, 9.17) is 11.6 Å². The normalized spacial score (nSPS) is 13.7. The first-order valence-corrected chi connectivity index (χ1v) is 10.4. The molecule has 0 aliphatic heterocycles. The minimum Gasteiger partial charge on any atom is -0.506 e. The average molecular weight is 484 g/mol. The number of fused-ring (bicyclic) bond motifs is 1. The molecular weight excluding hydrogens is 463 g/mol. The third kappa shape index (κ3) is 4.78. The molecule has 176 valence electrons. The van der Waals surface area contributed by atoms with Gasteiger partial charge in [0.25, 0.3) is 5.91 Å². The molecule has 0 spiro atoms. The molecule has 0 saturated carbocycles. The molecule has 3 rings (SSSR count). The maximum absolute atomic E-state index is 13.4. The topological polar surface area (TPSA) is 88.8 Å². The zero-order chi connectivity index (χ0) is 24.7. The zero-order valence-electron chi connectivity index (χ0n) is 17.9. The predicted molar refractivity (Wildman–Crippen MR) is 116 cm³/mol. The van der Waals surface area contributed by atoms with E-state index >= 15 is 0 Å². The van der Waals surface area contributed by atoms with Crippen LogP contribution in [0.15, 0.2) is 36.4 Å². The van der Waals surface area contributed by atoms with Crippen LogP contribution in [-0.4, -0.2) is 33.0 Å². The Morgan fingerprint density at radius 1 is 1.18 bits per heavy atom. The van der Waals surface area contributed by atoms with Crippen LogP contribution in [-0.2, 0) is 4.79 Å².